The number of rotatable bonds is 1. The second kappa shape index (κ2) is 3.35. The van der Waals surface area contributed by atoms with Gasteiger partial charge in [0.05, 0.1) is 24.9 Å². The Labute approximate surface area is 62.5 Å². The van der Waals surface area contributed by atoms with E-state index in [1.165, 1.54) is 0 Å². The van der Waals surface area contributed by atoms with Gasteiger partial charge in [0.2, 0.25) is 0 Å². The first-order valence-electron chi connectivity index (χ1n) is 3.71. The maximum Gasteiger partial charge on any atom is 0.0838 e. The smallest absolute Gasteiger partial charge is 0.0838 e. The lowest BCUT2D eigenvalue weighted by molar-refractivity contribution is -0.166. The van der Waals surface area contributed by atoms with Crippen LogP contribution in [0.4, 0.5) is 0 Å². The van der Waals surface area contributed by atoms with Crippen LogP contribution in [0.3, 0.4) is 0 Å². The molecule has 0 aromatic heterocycles. The van der Waals surface area contributed by atoms with Crippen molar-refractivity contribution in [1.82, 2.24) is 0 Å². The molecule has 0 amide bonds. The third-order valence-electron chi connectivity index (χ3n) is 1.75. The van der Waals surface area contributed by atoms with Gasteiger partial charge in [-0.15, -0.1) is 0 Å². The lowest BCUT2D eigenvalue weighted by Gasteiger charge is -2.32. The fourth-order valence-electron chi connectivity index (χ4n) is 1.15. The summed E-state index contributed by atoms with van der Waals surface area (Å²) in [6, 6.07) is 0. The van der Waals surface area contributed by atoms with Crippen molar-refractivity contribution >= 4 is 0 Å². The van der Waals surface area contributed by atoms with Crippen molar-refractivity contribution in [3.05, 3.63) is 6.92 Å². The van der Waals surface area contributed by atoms with Crippen LogP contribution in [0.2, 0.25) is 0 Å². The molecule has 0 bridgehead atoms. The van der Waals surface area contributed by atoms with E-state index < -0.39 is 0 Å². The summed E-state index contributed by atoms with van der Waals surface area (Å²) in [5, 5.41) is 0. The molecule has 2 nitrogen and oxygen atoms in total. The third-order valence-corrected chi connectivity index (χ3v) is 1.75. The second-order valence-electron chi connectivity index (χ2n) is 2.76. The summed E-state index contributed by atoms with van der Waals surface area (Å²) < 4.78 is 10.9. The number of ether oxygens (including phenoxy) is 2. The lowest BCUT2D eigenvalue weighted by atomic mass is 10.1. The molecule has 2 heteroatoms. The SMILES string of the molecule is [CH]CC1OCC(C)OC1C. The van der Waals surface area contributed by atoms with Crippen LogP contribution in [0.1, 0.15) is 20.3 Å². The molecule has 0 aromatic rings. The third kappa shape index (κ3) is 1.70. The minimum Gasteiger partial charge on any atom is -0.373 e. The van der Waals surface area contributed by atoms with E-state index in [-0.39, 0.29) is 18.3 Å². The molecule has 1 aliphatic heterocycles. The molecule has 0 spiro atoms. The maximum atomic E-state index is 5.48. The van der Waals surface area contributed by atoms with Crippen molar-refractivity contribution in [3.8, 4) is 0 Å². The van der Waals surface area contributed by atoms with Gasteiger partial charge in [-0.05, 0) is 27.2 Å². The van der Waals surface area contributed by atoms with Crippen molar-refractivity contribution in [2.45, 2.75) is 38.6 Å². The van der Waals surface area contributed by atoms with Crippen LogP contribution < -0.4 is 0 Å². The molecule has 0 aliphatic carbocycles. The van der Waals surface area contributed by atoms with Gasteiger partial charge in [0.25, 0.3) is 0 Å². The first kappa shape index (κ1) is 8.02. The Balaban J connectivity index is 2.36. The van der Waals surface area contributed by atoms with Crippen molar-refractivity contribution in [1.29, 1.82) is 0 Å². The highest BCUT2D eigenvalue weighted by Gasteiger charge is 2.24. The zero-order valence-corrected chi connectivity index (χ0v) is 6.54. The second-order valence-corrected chi connectivity index (χ2v) is 2.76. The van der Waals surface area contributed by atoms with Crippen LogP contribution in [-0.2, 0) is 9.47 Å². The van der Waals surface area contributed by atoms with E-state index in [0.29, 0.717) is 13.0 Å². The Bertz CT molecular complexity index is 103. The Morgan fingerprint density at radius 3 is 2.70 bits per heavy atom. The van der Waals surface area contributed by atoms with E-state index in [9.17, 15) is 0 Å². The first-order valence-corrected chi connectivity index (χ1v) is 3.71. The van der Waals surface area contributed by atoms with Gasteiger partial charge in [-0.25, -0.2) is 0 Å². The maximum absolute atomic E-state index is 5.48. The van der Waals surface area contributed by atoms with Crippen LogP contribution in [0.25, 0.3) is 0 Å². The summed E-state index contributed by atoms with van der Waals surface area (Å²) >= 11 is 0. The highest BCUT2D eigenvalue weighted by molar-refractivity contribution is 4.73. The summed E-state index contributed by atoms with van der Waals surface area (Å²) in [4.78, 5) is 0. The number of hydrogen-bond donors (Lipinski definition) is 0. The molecule has 3 unspecified atom stereocenters. The van der Waals surface area contributed by atoms with Crippen LogP contribution in [0, 0.1) is 6.92 Å². The Kier molecular flexibility index (Phi) is 2.69. The summed E-state index contributed by atoms with van der Waals surface area (Å²) in [5.74, 6) is 0. The Morgan fingerprint density at radius 1 is 1.50 bits per heavy atom. The largest absolute Gasteiger partial charge is 0.373 e. The predicted octanol–water partition coefficient (Wildman–Crippen LogP) is 1.28. The van der Waals surface area contributed by atoms with Crippen LogP contribution in [-0.4, -0.2) is 24.9 Å². The standard InChI is InChI=1S/C8H14O2/c1-4-8-7(3)10-6(2)5-9-8/h1,6-8H,4-5H2,2-3H3. The Hall–Kier alpha value is -0.0800. The zero-order chi connectivity index (χ0) is 7.56. The zero-order valence-electron chi connectivity index (χ0n) is 6.54. The first-order chi connectivity index (χ1) is 4.74. The fourth-order valence-corrected chi connectivity index (χ4v) is 1.15. The van der Waals surface area contributed by atoms with Crippen molar-refractivity contribution < 1.29 is 9.47 Å². The highest BCUT2D eigenvalue weighted by atomic mass is 16.6. The van der Waals surface area contributed by atoms with Crippen LogP contribution >= 0.6 is 0 Å². The molecule has 10 heavy (non-hydrogen) atoms. The minimum atomic E-state index is 0.0937. The van der Waals surface area contributed by atoms with E-state index in [2.05, 4.69) is 0 Å². The van der Waals surface area contributed by atoms with Gasteiger partial charge in [-0.1, -0.05) is 0 Å². The molecule has 1 saturated heterocycles. The monoisotopic (exact) mass is 142 g/mol. The van der Waals surface area contributed by atoms with Gasteiger partial charge in [0.15, 0.2) is 0 Å². The minimum absolute atomic E-state index is 0.0937. The molecule has 0 aromatic carbocycles. The summed E-state index contributed by atoms with van der Waals surface area (Å²) in [5.41, 5.74) is 0. The summed E-state index contributed by atoms with van der Waals surface area (Å²) in [7, 11) is 0. The molecule has 1 heterocycles. The lowest BCUT2D eigenvalue weighted by Crippen LogP contribution is -2.40. The van der Waals surface area contributed by atoms with E-state index in [4.69, 9.17) is 16.4 Å². The van der Waals surface area contributed by atoms with Gasteiger partial charge in [0, 0.05) is 0 Å². The van der Waals surface area contributed by atoms with Crippen molar-refractivity contribution in [2.24, 2.45) is 0 Å². The van der Waals surface area contributed by atoms with E-state index >= 15 is 0 Å². The molecular weight excluding hydrogens is 128 g/mol. The van der Waals surface area contributed by atoms with Crippen LogP contribution in [0.5, 0.6) is 0 Å². The van der Waals surface area contributed by atoms with Gasteiger partial charge in [-0.2, -0.15) is 0 Å². The molecule has 2 radical (unpaired) electrons. The molecular formula is C8H14O2. The normalized spacial score (nSPS) is 41.7. The van der Waals surface area contributed by atoms with E-state index in [1.807, 2.05) is 13.8 Å². The molecule has 0 N–H and O–H groups in total. The number of hydrogen-bond acceptors (Lipinski definition) is 2. The average molecular weight is 142 g/mol. The molecule has 0 saturated carbocycles. The van der Waals surface area contributed by atoms with Gasteiger partial charge >= 0.3 is 0 Å². The van der Waals surface area contributed by atoms with Crippen LogP contribution in [0.15, 0.2) is 0 Å². The van der Waals surface area contributed by atoms with Gasteiger partial charge in [0.1, 0.15) is 0 Å². The predicted molar refractivity (Wildman–Crippen MR) is 38.7 cm³/mol. The average Bonchev–Trinajstić information content (AvgIpc) is 1.88. The molecule has 1 rings (SSSR count). The summed E-state index contributed by atoms with van der Waals surface area (Å²) in [6.45, 7) is 10.1. The Morgan fingerprint density at radius 2 is 2.20 bits per heavy atom. The molecule has 1 aliphatic rings. The quantitative estimate of drug-likeness (QED) is 0.549. The topological polar surface area (TPSA) is 18.5 Å². The molecule has 58 valence electrons. The van der Waals surface area contributed by atoms with E-state index in [0.717, 1.165) is 0 Å². The summed E-state index contributed by atoms with van der Waals surface area (Å²) in [6.07, 6.45) is 1.01. The molecule has 1 fully saturated rings. The molecule has 3 atom stereocenters. The van der Waals surface area contributed by atoms with Gasteiger partial charge < -0.3 is 9.47 Å². The van der Waals surface area contributed by atoms with Gasteiger partial charge in [-0.3, -0.25) is 0 Å². The fraction of sp³-hybridized carbons (Fsp3) is 0.875. The van der Waals surface area contributed by atoms with Crippen molar-refractivity contribution in [3.63, 3.8) is 0 Å². The van der Waals surface area contributed by atoms with E-state index in [1.54, 1.807) is 0 Å². The highest BCUT2D eigenvalue weighted by Crippen LogP contribution is 2.15. The van der Waals surface area contributed by atoms with Crippen molar-refractivity contribution in [2.75, 3.05) is 6.61 Å².